The number of rotatable bonds is 3. The van der Waals surface area contributed by atoms with Gasteiger partial charge in [-0.15, -0.1) is 0 Å². The van der Waals surface area contributed by atoms with Gasteiger partial charge in [-0.2, -0.15) is 0 Å². The van der Waals surface area contributed by atoms with Crippen LogP contribution in [-0.4, -0.2) is 18.0 Å². The van der Waals surface area contributed by atoms with Gasteiger partial charge in [-0.05, 0) is 41.0 Å². The molecule has 2 heteroatoms. The number of hydrogen-bond donors (Lipinski definition) is 0. The normalized spacial score (nSPS) is 28.4. The standard InChI is InChI=1S/C18H18BrN/c19-15-8-4-7-14(9-15)18-16-11-20(12-17(16)18)10-13-5-2-1-3-6-13/h1-9,16-18H,10-12H2. The Kier molecular flexibility index (Phi) is 3.16. The fourth-order valence-electron chi connectivity index (χ4n) is 3.79. The molecule has 1 nitrogen and oxygen atoms in total. The van der Waals surface area contributed by atoms with Gasteiger partial charge in [0.05, 0.1) is 0 Å². The van der Waals surface area contributed by atoms with Crippen LogP contribution in [0.15, 0.2) is 59.1 Å². The number of nitrogens with zero attached hydrogens (tertiary/aromatic N) is 1. The van der Waals surface area contributed by atoms with Crippen molar-refractivity contribution >= 4 is 15.9 Å². The van der Waals surface area contributed by atoms with Crippen molar-refractivity contribution in [3.63, 3.8) is 0 Å². The summed E-state index contributed by atoms with van der Waals surface area (Å²) in [5.41, 5.74) is 2.96. The number of benzene rings is 2. The molecular formula is C18H18BrN. The van der Waals surface area contributed by atoms with Gasteiger partial charge in [0.1, 0.15) is 0 Å². The SMILES string of the molecule is Brc1cccc(C2C3CN(Cc4ccccc4)CC32)c1. The van der Waals surface area contributed by atoms with Crippen molar-refractivity contribution in [2.24, 2.45) is 11.8 Å². The van der Waals surface area contributed by atoms with E-state index < -0.39 is 0 Å². The smallest absolute Gasteiger partial charge is 0.0233 e. The predicted octanol–water partition coefficient (Wildman–Crippen LogP) is 4.29. The molecule has 1 saturated heterocycles. The van der Waals surface area contributed by atoms with Crippen LogP contribution in [-0.2, 0) is 6.54 Å². The van der Waals surface area contributed by atoms with Gasteiger partial charge in [0.2, 0.25) is 0 Å². The molecule has 2 unspecified atom stereocenters. The van der Waals surface area contributed by atoms with Crippen LogP contribution in [0.25, 0.3) is 0 Å². The van der Waals surface area contributed by atoms with Crippen molar-refractivity contribution in [2.75, 3.05) is 13.1 Å². The molecular weight excluding hydrogens is 310 g/mol. The monoisotopic (exact) mass is 327 g/mol. The molecule has 1 saturated carbocycles. The third-order valence-corrected chi connectivity index (χ3v) is 5.25. The summed E-state index contributed by atoms with van der Waals surface area (Å²) in [6, 6.07) is 19.7. The average molecular weight is 328 g/mol. The Bertz CT molecular complexity index is 598. The Morgan fingerprint density at radius 1 is 0.950 bits per heavy atom. The molecule has 20 heavy (non-hydrogen) atoms. The Morgan fingerprint density at radius 3 is 2.40 bits per heavy atom. The highest BCUT2D eigenvalue weighted by Crippen LogP contribution is 2.58. The van der Waals surface area contributed by atoms with Gasteiger partial charge < -0.3 is 0 Å². The zero-order valence-electron chi connectivity index (χ0n) is 11.4. The second kappa shape index (κ2) is 5.01. The third kappa shape index (κ3) is 2.32. The minimum atomic E-state index is 0.805. The highest BCUT2D eigenvalue weighted by molar-refractivity contribution is 9.10. The predicted molar refractivity (Wildman–Crippen MR) is 85.6 cm³/mol. The molecule has 0 aromatic heterocycles. The van der Waals surface area contributed by atoms with E-state index in [1.807, 2.05) is 0 Å². The van der Waals surface area contributed by atoms with Gasteiger partial charge in [0.15, 0.2) is 0 Å². The van der Waals surface area contributed by atoms with Crippen molar-refractivity contribution in [1.29, 1.82) is 0 Å². The van der Waals surface area contributed by atoms with Crippen LogP contribution >= 0.6 is 15.9 Å². The summed E-state index contributed by atoms with van der Waals surface area (Å²) in [5, 5.41) is 0. The van der Waals surface area contributed by atoms with E-state index in [-0.39, 0.29) is 0 Å². The minimum absolute atomic E-state index is 0.805. The van der Waals surface area contributed by atoms with Crippen LogP contribution in [0.3, 0.4) is 0 Å². The molecule has 102 valence electrons. The minimum Gasteiger partial charge on any atom is -0.298 e. The maximum absolute atomic E-state index is 3.58. The van der Waals surface area contributed by atoms with Crippen LogP contribution in [0.4, 0.5) is 0 Å². The summed E-state index contributed by atoms with van der Waals surface area (Å²) in [7, 11) is 0. The summed E-state index contributed by atoms with van der Waals surface area (Å²) in [5.74, 6) is 2.57. The Morgan fingerprint density at radius 2 is 1.70 bits per heavy atom. The molecule has 0 radical (unpaired) electrons. The van der Waals surface area contributed by atoms with E-state index in [9.17, 15) is 0 Å². The molecule has 1 aliphatic heterocycles. The number of piperidine rings is 1. The number of fused-ring (bicyclic) bond motifs is 1. The quantitative estimate of drug-likeness (QED) is 0.812. The summed E-state index contributed by atoms with van der Waals surface area (Å²) in [6.07, 6.45) is 0. The molecule has 2 aromatic carbocycles. The molecule has 0 amide bonds. The number of hydrogen-bond acceptors (Lipinski definition) is 1. The van der Waals surface area contributed by atoms with Crippen LogP contribution in [0.5, 0.6) is 0 Å². The van der Waals surface area contributed by atoms with Gasteiger partial charge in [0, 0.05) is 24.1 Å². The van der Waals surface area contributed by atoms with Crippen molar-refractivity contribution in [3.05, 3.63) is 70.2 Å². The molecule has 2 fully saturated rings. The fourth-order valence-corrected chi connectivity index (χ4v) is 4.21. The first-order valence-electron chi connectivity index (χ1n) is 7.33. The Balaban J connectivity index is 1.39. The first-order valence-corrected chi connectivity index (χ1v) is 8.12. The molecule has 1 aliphatic carbocycles. The van der Waals surface area contributed by atoms with E-state index in [1.54, 1.807) is 0 Å². The molecule has 2 aromatic rings. The first kappa shape index (κ1) is 12.6. The van der Waals surface area contributed by atoms with Crippen molar-refractivity contribution in [2.45, 2.75) is 12.5 Å². The summed E-state index contributed by atoms with van der Waals surface area (Å²) in [4.78, 5) is 2.61. The van der Waals surface area contributed by atoms with Crippen molar-refractivity contribution in [3.8, 4) is 0 Å². The van der Waals surface area contributed by atoms with E-state index in [2.05, 4.69) is 75.4 Å². The lowest BCUT2D eigenvalue weighted by atomic mass is 10.1. The largest absolute Gasteiger partial charge is 0.298 e. The van der Waals surface area contributed by atoms with Crippen LogP contribution in [0.1, 0.15) is 17.0 Å². The molecule has 0 spiro atoms. The zero-order chi connectivity index (χ0) is 13.5. The van der Waals surface area contributed by atoms with Gasteiger partial charge >= 0.3 is 0 Å². The van der Waals surface area contributed by atoms with Crippen molar-refractivity contribution in [1.82, 2.24) is 4.90 Å². The van der Waals surface area contributed by atoms with E-state index in [0.29, 0.717) is 0 Å². The Labute approximate surface area is 128 Å². The molecule has 1 heterocycles. The van der Waals surface area contributed by atoms with Gasteiger partial charge in [-0.25, -0.2) is 0 Å². The lowest BCUT2D eigenvalue weighted by Crippen LogP contribution is -2.23. The van der Waals surface area contributed by atoms with Crippen molar-refractivity contribution < 1.29 is 0 Å². The molecule has 2 atom stereocenters. The summed E-state index contributed by atoms with van der Waals surface area (Å²) < 4.78 is 1.21. The molecule has 0 N–H and O–H groups in total. The lowest BCUT2D eigenvalue weighted by molar-refractivity contribution is 0.290. The summed E-state index contributed by atoms with van der Waals surface area (Å²) >= 11 is 3.58. The number of halogens is 1. The molecule has 2 aliphatic rings. The average Bonchev–Trinajstić information content (AvgIpc) is 2.97. The maximum Gasteiger partial charge on any atom is 0.0233 e. The summed E-state index contributed by atoms with van der Waals surface area (Å²) in [6.45, 7) is 3.63. The maximum atomic E-state index is 3.58. The fraction of sp³-hybridized carbons (Fsp3) is 0.333. The van der Waals surface area contributed by atoms with E-state index in [1.165, 1.54) is 28.7 Å². The first-order chi connectivity index (χ1) is 9.81. The Hall–Kier alpha value is -1.12. The topological polar surface area (TPSA) is 3.24 Å². The highest BCUT2D eigenvalue weighted by atomic mass is 79.9. The lowest BCUT2D eigenvalue weighted by Gasteiger charge is -2.19. The van der Waals surface area contributed by atoms with Gasteiger partial charge in [-0.3, -0.25) is 4.90 Å². The molecule has 4 rings (SSSR count). The second-order valence-electron chi connectivity index (χ2n) is 6.09. The van der Waals surface area contributed by atoms with Crippen LogP contribution in [0.2, 0.25) is 0 Å². The molecule has 0 bridgehead atoms. The third-order valence-electron chi connectivity index (χ3n) is 4.75. The van der Waals surface area contributed by atoms with Gasteiger partial charge in [-0.1, -0.05) is 58.4 Å². The highest BCUT2D eigenvalue weighted by Gasteiger charge is 2.55. The van der Waals surface area contributed by atoms with Crippen LogP contribution in [0, 0.1) is 11.8 Å². The van der Waals surface area contributed by atoms with E-state index in [0.717, 1.165) is 24.3 Å². The van der Waals surface area contributed by atoms with E-state index >= 15 is 0 Å². The van der Waals surface area contributed by atoms with Crippen LogP contribution < -0.4 is 0 Å². The zero-order valence-corrected chi connectivity index (χ0v) is 13.0. The van der Waals surface area contributed by atoms with E-state index in [4.69, 9.17) is 0 Å². The second-order valence-corrected chi connectivity index (χ2v) is 7.00. The van der Waals surface area contributed by atoms with Gasteiger partial charge in [0.25, 0.3) is 0 Å². The number of likely N-dealkylation sites (tertiary alicyclic amines) is 1.